The number of aryl methyl sites for hydroxylation is 1. The zero-order valence-corrected chi connectivity index (χ0v) is 18.7. The largest absolute Gasteiger partial charge is 0.493 e. The first-order chi connectivity index (χ1) is 15.2. The van der Waals surface area contributed by atoms with Crippen molar-refractivity contribution in [2.75, 3.05) is 51.9 Å². The van der Waals surface area contributed by atoms with E-state index >= 15 is 0 Å². The van der Waals surface area contributed by atoms with E-state index in [0.29, 0.717) is 18.5 Å². The highest BCUT2D eigenvalue weighted by molar-refractivity contribution is 5.60. The summed E-state index contributed by atoms with van der Waals surface area (Å²) in [6.45, 7) is 7.81. The highest BCUT2D eigenvalue weighted by Crippen LogP contribution is 2.32. The van der Waals surface area contributed by atoms with E-state index in [2.05, 4.69) is 21.3 Å². The first-order valence-corrected chi connectivity index (χ1v) is 11.4. The second-order valence-corrected chi connectivity index (χ2v) is 8.39. The van der Waals surface area contributed by atoms with Crippen molar-refractivity contribution in [3.8, 4) is 11.5 Å². The number of hydrogen-bond donors (Lipinski definition) is 1. The fourth-order valence-corrected chi connectivity index (χ4v) is 4.32. The molecule has 0 aliphatic carbocycles. The minimum absolute atomic E-state index is 0.432. The van der Waals surface area contributed by atoms with Gasteiger partial charge in [-0.15, -0.1) is 0 Å². The van der Waals surface area contributed by atoms with Crippen molar-refractivity contribution < 1.29 is 14.2 Å². The molecule has 0 amide bonds. The van der Waals surface area contributed by atoms with Gasteiger partial charge in [0.05, 0.1) is 13.7 Å². The number of ether oxygens (including phenoxy) is 3. The molecule has 1 aromatic heterocycles. The predicted octanol–water partition coefficient (Wildman–Crippen LogP) is 4.30. The van der Waals surface area contributed by atoms with E-state index in [4.69, 9.17) is 19.2 Å². The summed E-state index contributed by atoms with van der Waals surface area (Å²) < 4.78 is 17.0. The van der Waals surface area contributed by atoms with E-state index in [0.717, 1.165) is 67.6 Å². The summed E-state index contributed by atoms with van der Waals surface area (Å²) >= 11 is 0. The quantitative estimate of drug-likeness (QED) is 0.600. The molecular formula is C24H34N4O3. The molecule has 4 rings (SSSR count). The molecule has 1 N–H and O–H groups in total. The van der Waals surface area contributed by atoms with Crippen molar-refractivity contribution in [2.45, 2.75) is 44.9 Å². The Morgan fingerprint density at radius 3 is 2.68 bits per heavy atom. The molecule has 2 aliphatic rings. The Labute approximate surface area is 185 Å². The van der Waals surface area contributed by atoms with Gasteiger partial charge in [0, 0.05) is 48.8 Å². The number of likely N-dealkylation sites (tertiary alicyclic amines) is 1. The van der Waals surface area contributed by atoms with Crippen LogP contribution < -0.4 is 14.8 Å². The van der Waals surface area contributed by atoms with E-state index in [-0.39, 0.29) is 0 Å². The smallest absolute Gasteiger partial charge is 0.227 e. The lowest BCUT2D eigenvalue weighted by atomic mass is 9.96. The van der Waals surface area contributed by atoms with Gasteiger partial charge in [0.15, 0.2) is 11.5 Å². The lowest BCUT2D eigenvalue weighted by molar-refractivity contribution is 0.0845. The average molecular weight is 427 g/mol. The molecule has 2 saturated heterocycles. The second kappa shape index (κ2) is 10.8. The topological polar surface area (TPSA) is 68.7 Å². The summed E-state index contributed by atoms with van der Waals surface area (Å²) in [4.78, 5) is 11.9. The summed E-state index contributed by atoms with van der Waals surface area (Å²) in [5.74, 6) is 2.53. The van der Waals surface area contributed by atoms with E-state index in [9.17, 15) is 0 Å². The van der Waals surface area contributed by atoms with Crippen LogP contribution in [0.5, 0.6) is 11.5 Å². The van der Waals surface area contributed by atoms with Crippen LogP contribution >= 0.6 is 0 Å². The molecule has 0 radical (unpaired) electrons. The Kier molecular flexibility index (Phi) is 7.59. The van der Waals surface area contributed by atoms with E-state index in [1.54, 1.807) is 7.11 Å². The molecule has 0 spiro atoms. The van der Waals surface area contributed by atoms with Crippen LogP contribution in [0.3, 0.4) is 0 Å². The number of methoxy groups -OCH3 is 1. The van der Waals surface area contributed by atoms with Crippen LogP contribution in [0.4, 0.5) is 11.6 Å². The fraction of sp³-hybridized carbons (Fsp3) is 0.583. The van der Waals surface area contributed by atoms with E-state index in [1.165, 1.54) is 25.9 Å². The molecule has 2 aliphatic heterocycles. The fourth-order valence-electron chi connectivity index (χ4n) is 4.32. The number of anilines is 2. The SMILES string of the molecule is COc1ccc(Nc2nc(C)cc(C3CCOCC3)n2)cc1OCCCN1CCCC1. The van der Waals surface area contributed by atoms with Crippen molar-refractivity contribution >= 4 is 11.6 Å². The maximum absolute atomic E-state index is 6.06. The monoisotopic (exact) mass is 426 g/mol. The van der Waals surface area contributed by atoms with E-state index in [1.807, 2.05) is 25.1 Å². The zero-order valence-electron chi connectivity index (χ0n) is 18.7. The van der Waals surface area contributed by atoms with Crippen LogP contribution in [-0.4, -0.2) is 61.4 Å². The Hall–Kier alpha value is -2.38. The molecular weight excluding hydrogens is 392 g/mol. The molecule has 0 atom stereocenters. The first kappa shape index (κ1) is 21.8. The number of nitrogens with zero attached hydrogens (tertiary/aromatic N) is 3. The molecule has 2 aromatic rings. The van der Waals surface area contributed by atoms with Crippen LogP contribution in [0.2, 0.25) is 0 Å². The van der Waals surface area contributed by atoms with Crippen molar-refractivity contribution in [3.05, 3.63) is 35.7 Å². The Morgan fingerprint density at radius 1 is 1.10 bits per heavy atom. The normalized spacial score (nSPS) is 17.6. The van der Waals surface area contributed by atoms with Gasteiger partial charge in [-0.05, 0) is 70.3 Å². The molecule has 0 bridgehead atoms. The van der Waals surface area contributed by atoms with Gasteiger partial charge in [-0.25, -0.2) is 9.97 Å². The summed E-state index contributed by atoms with van der Waals surface area (Å²) in [5, 5.41) is 3.35. The molecule has 7 nitrogen and oxygen atoms in total. The van der Waals surface area contributed by atoms with Gasteiger partial charge < -0.3 is 24.4 Å². The number of rotatable bonds is 9. The first-order valence-electron chi connectivity index (χ1n) is 11.4. The highest BCUT2D eigenvalue weighted by atomic mass is 16.5. The lowest BCUT2D eigenvalue weighted by Gasteiger charge is -2.22. The summed E-state index contributed by atoms with van der Waals surface area (Å²) in [6, 6.07) is 7.95. The summed E-state index contributed by atoms with van der Waals surface area (Å²) in [5.41, 5.74) is 2.94. The average Bonchev–Trinajstić information content (AvgIpc) is 3.31. The van der Waals surface area contributed by atoms with E-state index < -0.39 is 0 Å². The van der Waals surface area contributed by atoms with Gasteiger partial charge >= 0.3 is 0 Å². The third-order valence-electron chi connectivity index (χ3n) is 6.01. The van der Waals surface area contributed by atoms with Crippen LogP contribution in [0.15, 0.2) is 24.3 Å². The predicted molar refractivity (Wildman–Crippen MR) is 122 cm³/mol. The summed E-state index contributed by atoms with van der Waals surface area (Å²) in [6.07, 6.45) is 5.66. The summed E-state index contributed by atoms with van der Waals surface area (Å²) in [7, 11) is 1.67. The minimum Gasteiger partial charge on any atom is -0.493 e. The molecule has 168 valence electrons. The van der Waals surface area contributed by atoms with Crippen molar-refractivity contribution in [1.82, 2.24) is 14.9 Å². The second-order valence-electron chi connectivity index (χ2n) is 8.39. The molecule has 0 unspecified atom stereocenters. The Balaban J connectivity index is 1.40. The van der Waals surface area contributed by atoms with Crippen molar-refractivity contribution in [2.24, 2.45) is 0 Å². The van der Waals surface area contributed by atoms with Gasteiger partial charge in [-0.2, -0.15) is 0 Å². The molecule has 3 heterocycles. The highest BCUT2D eigenvalue weighted by Gasteiger charge is 2.19. The third-order valence-corrected chi connectivity index (χ3v) is 6.01. The minimum atomic E-state index is 0.432. The number of hydrogen-bond acceptors (Lipinski definition) is 7. The van der Waals surface area contributed by atoms with Gasteiger partial charge in [-0.1, -0.05) is 0 Å². The van der Waals surface area contributed by atoms with Crippen molar-refractivity contribution in [1.29, 1.82) is 0 Å². The van der Waals surface area contributed by atoms with Crippen LogP contribution in [-0.2, 0) is 4.74 Å². The Bertz CT molecular complexity index is 849. The maximum Gasteiger partial charge on any atom is 0.227 e. The third kappa shape index (κ3) is 6.08. The molecule has 2 fully saturated rings. The van der Waals surface area contributed by atoms with Crippen LogP contribution in [0.25, 0.3) is 0 Å². The maximum atomic E-state index is 6.06. The number of nitrogens with one attached hydrogen (secondary N) is 1. The number of aromatic nitrogens is 2. The standard InChI is InChI=1S/C24H34N4O3/c1-18-16-21(19-8-14-30-15-9-19)27-24(25-18)26-20-6-7-22(29-2)23(17-20)31-13-5-12-28-10-3-4-11-28/h6-7,16-17,19H,3-5,8-15H2,1-2H3,(H,25,26,27). The van der Waals surface area contributed by atoms with Gasteiger partial charge in [0.1, 0.15) is 0 Å². The Morgan fingerprint density at radius 2 is 1.90 bits per heavy atom. The molecule has 7 heteroatoms. The van der Waals surface area contributed by atoms with Gasteiger partial charge in [0.2, 0.25) is 5.95 Å². The van der Waals surface area contributed by atoms with Gasteiger partial charge in [-0.3, -0.25) is 0 Å². The van der Waals surface area contributed by atoms with Gasteiger partial charge in [0.25, 0.3) is 0 Å². The van der Waals surface area contributed by atoms with Crippen molar-refractivity contribution in [3.63, 3.8) is 0 Å². The van der Waals surface area contributed by atoms with Crippen LogP contribution in [0.1, 0.15) is 49.4 Å². The zero-order chi connectivity index (χ0) is 21.5. The molecule has 31 heavy (non-hydrogen) atoms. The molecule has 1 aromatic carbocycles. The lowest BCUT2D eigenvalue weighted by Crippen LogP contribution is -2.21. The van der Waals surface area contributed by atoms with Crippen LogP contribution in [0, 0.1) is 6.92 Å². The molecule has 0 saturated carbocycles. The number of benzene rings is 1.